The molecule has 7 heteroatoms. The zero-order valence-electron chi connectivity index (χ0n) is 17.6. The van der Waals surface area contributed by atoms with Gasteiger partial charge >= 0.3 is 6.03 Å². The number of nitrogens with zero attached hydrogens (tertiary/aromatic N) is 1. The highest BCUT2D eigenvalue weighted by atomic mass is 35.5. The molecular formula is C24H25ClN2O4. The lowest BCUT2D eigenvalue weighted by molar-refractivity contribution is -0.122. The lowest BCUT2D eigenvalue weighted by Crippen LogP contribution is -2.30. The van der Waals surface area contributed by atoms with Crippen LogP contribution in [0.4, 0.5) is 4.79 Å². The smallest absolute Gasteiger partial charge is 0.328 e. The number of ether oxygens (including phenoxy) is 2. The van der Waals surface area contributed by atoms with Crippen LogP contribution in [0.25, 0.3) is 6.08 Å². The molecule has 0 spiro atoms. The SMILES string of the molecule is C=CCc1cc(/C=C2/NC(=O)N(CC)C2=O)cc(OCC)c1OCc1ccc(Cl)cc1. The summed E-state index contributed by atoms with van der Waals surface area (Å²) in [6, 6.07) is 10.7. The molecule has 2 aromatic carbocycles. The van der Waals surface area contributed by atoms with Gasteiger partial charge in [-0.1, -0.05) is 29.8 Å². The molecule has 0 atom stereocenters. The second kappa shape index (κ2) is 10.2. The van der Waals surface area contributed by atoms with Crippen molar-refractivity contribution in [3.63, 3.8) is 0 Å². The maximum absolute atomic E-state index is 12.4. The summed E-state index contributed by atoms with van der Waals surface area (Å²) in [5.74, 6) is 0.835. The third kappa shape index (κ3) is 5.27. The van der Waals surface area contributed by atoms with E-state index in [-0.39, 0.29) is 11.6 Å². The van der Waals surface area contributed by atoms with Gasteiger partial charge in [-0.05, 0) is 61.7 Å². The summed E-state index contributed by atoms with van der Waals surface area (Å²) < 4.78 is 12.0. The molecular weight excluding hydrogens is 416 g/mol. The number of urea groups is 1. The number of rotatable bonds is 9. The minimum atomic E-state index is -0.419. The Morgan fingerprint density at radius 1 is 1.13 bits per heavy atom. The first-order valence-electron chi connectivity index (χ1n) is 10.1. The van der Waals surface area contributed by atoms with Crippen molar-refractivity contribution in [2.24, 2.45) is 0 Å². The molecule has 6 nitrogen and oxygen atoms in total. The van der Waals surface area contributed by atoms with Crippen molar-refractivity contribution >= 4 is 29.6 Å². The van der Waals surface area contributed by atoms with E-state index in [2.05, 4.69) is 11.9 Å². The van der Waals surface area contributed by atoms with Gasteiger partial charge in [0.1, 0.15) is 12.3 Å². The van der Waals surface area contributed by atoms with Crippen LogP contribution in [0.1, 0.15) is 30.5 Å². The van der Waals surface area contributed by atoms with Crippen molar-refractivity contribution in [2.75, 3.05) is 13.2 Å². The van der Waals surface area contributed by atoms with Gasteiger partial charge in [0, 0.05) is 17.1 Å². The van der Waals surface area contributed by atoms with Gasteiger partial charge in [0.25, 0.3) is 5.91 Å². The Morgan fingerprint density at radius 3 is 2.48 bits per heavy atom. The van der Waals surface area contributed by atoms with E-state index < -0.39 is 6.03 Å². The van der Waals surface area contributed by atoms with Gasteiger partial charge in [0.05, 0.1) is 6.61 Å². The van der Waals surface area contributed by atoms with Gasteiger partial charge < -0.3 is 14.8 Å². The molecule has 162 valence electrons. The number of amides is 3. The minimum Gasteiger partial charge on any atom is -0.490 e. The molecule has 1 fully saturated rings. The van der Waals surface area contributed by atoms with Crippen molar-refractivity contribution in [1.82, 2.24) is 10.2 Å². The summed E-state index contributed by atoms with van der Waals surface area (Å²) >= 11 is 5.96. The first-order chi connectivity index (χ1) is 15.0. The molecule has 1 aliphatic rings. The van der Waals surface area contributed by atoms with E-state index in [1.807, 2.05) is 37.3 Å². The number of allylic oxidation sites excluding steroid dienone is 1. The predicted molar refractivity (Wildman–Crippen MR) is 121 cm³/mol. The first kappa shape index (κ1) is 22.4. The Bertz CT molecular complexity index is 1010. The van der Waals surface area contributed by atoms with E-state index in [1.165, 1.54) is 0 Å². The maximum atomic E-state index is 12.4. The quantitative estimate of drug-likeness (QED) is 0.340. The van der Waals surface area contributed by atoms with Crippen LogP contribution in [0.2, 0.25) is 5.02 Å². The lowest BCUT2D eigenvalue weighted by atomic mass is 10.0. The molecule has 0 bridgehead atoms. The number of hydrogen-bond donors (Lipinski definition) is 1. The summed E-state index contributed by atoms with van der Waals surface area (Å²) in [6.07, 6.45) is 3.97. The molecule has 0 unspecified atom stereocenters. The average molecular weight is 441 g/mol. The van der Waals surface area contributed by atoms with Crippen LogP contribution in [0, 0.1) is 0 Å². The predicted octanol–water partition coefficient (Wildman–Crippen LogP) is 4.96. The topological polar surface area (TPSA) is 67.9 Å². The highest BCUT2D eigenvalue weighted by Crippen LogP contribution is 2.35. The Balaban J connectivity index is 1.95. The van der Waals surface area contributed by atoms with Gasteiger partial charge in [-0.2, -0.15) is 0 Å². The Labute approximate surface area is 187 Å². The van der Waals surface area contributed by atoms with Crippen LogP contribution in [0.5, 0.6) is 11.5 Å². The Hall–Kier alpha value is -3.25. The second-order valence-electron chi connectivity index (χ2n) is 6.89. The van der Waals surface area contributed by atoms with Gasteiger partial charge in [0.15, 0.2) is 11.5 Å². The largest absolute Gasteiger partial charge is 0.490 e. The van der Waals surface area contributed by atoms with Crippen molar-refractivity contribution < 1.29 is 19.1 Å². The molecule has 0 aromatic heterocycles. The number of carbonyl (C=O) groups excluding carboxylic acids is 2. The summed E-state index contributed by atoms with van der Waals surface area (Å²) in [4.78, 5) is 25.5. The molecule has 3 amide bonds. The number of nitrogens with one attached hydrogen (secondary N) is 1. The fraction of sp³-hybridized carbons (Fsp3) is 0.250. The molecule has 0 radical (unpaired) electrons. The number of likely N-dealkylation sites (N-methyl/N-ethyl adjacent to an activating group) is 1. The molecule has 3 rings (SSSR count). The summed E-state index contributed by atoms with van der Waals surface area (Å²) in [7, 11) is 0. The number of halogens is 1. The van der Waals surface area contributed by atoms with Gasteiger partial charge in [-0.3, -0.25) is 9.69 Å². The third-order valence-electron chi connectivity index (χ3n) is 4.70. The monoisotopic (exact) mass is 440 g/mol. The Morgan fingerprint density at radius 2 is 1.87 bits per heavy atom. The fourth-order valence-electron chi connectivity index (χ4n) is 3.26. The van der Waals surface area contributed by atoms with Gasteiger partial charge in [-0.15, -0.1) is 6.58 Å². The molecule has 0 aliphatic carbocycles. The maximum Gasteiger partial charge on any atom is 0.328 e. The number of imide groups is 1. The molecule has 1 aliphatic heterocycles. The van der Waals surface area contributed by atoms with E-state index in [0.29, 0.717) is 42.7 Å². The normalized spacial score (nSPS) is 14.7. The first-order valence-corrected chi connectivity index (χ1v) is 10.5. The van der Waals surface area contributed by atoms with Gasteiger partial charge in [0.2, 0.25) is 0 Å². The van der Waals surface area contributed by atoms with Crippen molar-refractivity contribution in [3.8, 4) is 11.5 Å². The van der Waals surface area contributed by atoms with Crippen molar-refractivity contribution in [2.45, 2.75) is 26.9 Å². The Kier molecular flexibility index (Phi) is 7.36. The van der Waals surface area contributed by atoms with Crippen LogP contribution >= 0.6 is 11.6 Å². The van der Waals surface area contributed by atoms with Crippen LogP contribution in [-0.4, -0.2) is 30.0 Å². The molecule has 0 saturated carbocycles. The second-order valence-corrected chi connectivity index (χ2v) is 7.32. The fourth-order valence-corrected chi connectivity index (χ4v) is 3.39. The third-order valence-corrected chi connectivity index (χ3v) is 4.96. The molecule has 1 heterocycles. The molecule has 1 saturated heterocycles. The average Bonchev–Trinajstić information content (AvgIpc) is 3.01. The molecule has 1 N–H and O–H groups in total. The summed E-state index contributed by atoms with van der Waals surface area (Å²) in [6.45, 7) is 8.58. The highest BCUT2D eigenvalue weighted by molar-refractivity contribution is 6.30. The molecule has 31 heavy (non-hydrogen) atoms. The minimum absolute atomic E-state index is 0.230. The number of benzene rings is 2. The number of carbonyl (C=O) groups is 2. The van der Waals surface area contributed by atoms with E-state index in [0.717, 1.165) is 21.6 Å². The summed E-state index contributed by atoms with van der Waals surface area (Å²) in [5, 5.41) is 3.28. The van der Waals surface area contributed by atoms with E-state index in [1.54, 1.807) is 25.1 Å². The molecule has 2 aromatic rings. The standard InChI is InChI=1S/C24H25ClN2O4/c1-4-7-18-12-17(13-20-23(28)27(5-2)24(29)26-20)14-21(30-6-3)22(18)31-15-16-8-10-19(25)11-9-16/h4,8-14H,1,5-7,15H2,2-3H3,(H,26,29)/b20-13+. The van der Waals surface area contributed by atoms with Gasteiger partial charge in [-0.25, -0.2) is 4.79 Å². The lowest BCUT2D eigenvalue weighted by Gasteiger charge is -2.17. The summed E-state index contributed by atoms with van der Waals surface area (Å²) in [5.41, 5.74) is 2.79. The van der Waals surface area contributed by atoms with E-state index >= 15 is 0 Å². The van der Waals surface area contributed by atoms with Crippen molar-refractivity contribution in [3.05, 3.63) is 76.5 Å². The van der Waals surface area contributed by atoms with Crippen LogP contribution in [-0.2, 0) is 17.8 Å². The van der Waals surface area contributed by atoms with Crippen LogP contribution in [0.15, 0.2) is 54.8 Å². The zero-order valence-corrected chi connectivity index (χ0v) is 18.4. The number of hydrogen-bond acceptors (Lipinski definition) is 4. The van der Waals surface area contributed by atoms with Crippen LogP contribution < -0.4 is 14.8 Å². The van der Waals surface area contributed by atoms with E-state index in [9.17, 15) is 9.59 Å². The van der Waals surface area contributed by atoms with Crippen molar-refractivity contribution in [1.29, 1.82) is 0 Å². The van der Waals surface area contributed by atoms with E-state index in [4.69, 9.17) is 21.1 Å². The zero-order chi connectivity index (χ0) is 22.4. The van der Waals surface area contributed by atoms with Crippen LogP contribution in [0.3, 0.4) is 0 Å². The highest BCUT2D eigenvalue weighted by Gasteiger charge is 2.32.